The summed E-state index contributed by atoms with van der Waals surface area (Å²) in [7, 11) is 0. The van der Waals surface area contributed by atoms with Crippen molar-refractivity contribution in [1.82, 2.24) is 0 Å². The van der Waals surface area contributed by atoms with Crippen molar-refractivity contribution < 1.29 is 9.53 Å². The molecule has 0 bridgehead atoms. The van der Waals surface area contributed by atoms with Crippen LogP contribution in [0.3, 0.4) is 0 Å². The van der Waals surface area contributed by atoms with E-state index < -0.39 is 0 Å². The summed E-state index contributed by atoms with van der Waals surface area (Å²) in [5.41, 5.74) is 0.666. The monoisotopic (exact) mass is 224 g/mol. The van der Waals surface area contributed by atoms with Gasteiger partial charge in [-0.3, -0.25) is 4.79 Å². The maximum absolute atomic E-state index is 11.3. The number of ether oxygens (including phenoxy) is 1. The minimum atomic E-state index is -0.00908. The lowest BCUT2D eigenvalue weighted by Crippen LogP contribution is -2.09. The van der Waals surface area contributed by atoms with E-state index in [1.54, 1.807) is 0 Å². The Bertz CT molecular complexity index is 272. The fourth-order valence-corrected chi connectivity index (χ4v) is 3.76. The van der Waals surface area contributed by atoms with Crippen LogP contribution in [0.2, 0.25) is 0 Å². The Morgan fingerprint density at radius 3 is 2.75 bits per heavy atom. The van der Waals surface area contributed by atoms with Crippen LogP contribution in [0.5, 0.6) is 0 Å². The van der Waals surface area contributed by atoms with E-state index in [1.807, 2.05) is 6.92 Å². The average molecular weight is 224 g/mol. The van der Waals surface area contributed by atoms with Gasteiger partial charge in [0.2, 0.25) is 0 Å². The first-order chi connectivity index (χ1) is 7.60. The summed E-state index contributed by atoms with van der Waals surface area (Å²) in [6.07, 6.45) is 5.82. The standard InChI is InChI=1S/C14H24O2/c1-4-16-13(15)6-5-11-7-8-14(10(2)3)9-12(11)14/h10-12H,4-9H2,1-3H3. The summed E-state index contributed by atoms with van der Waals surface area (Å²) in [6, 6.07) is 0. The summed E-state index contributed by atoms with van der Waals surface area (Å²) in [4.78, 5) is 11.3. The Hall–Kier alpha value is -0.530. The van der Waals surface area contributed by atoms with Crippen LogP contribution in [0.1, 0.15) is 52.9 Å². The van der Waals surface area contributed by atoms with Gasteiger partial charge < -0.3 is 4.74 Å². The van der Waals surface area contributed by atoms with E-state index in [1.165, 1.54) is 19.3 Å². The molecule has 2 saturated carbocycles. The highest BCUT2D eigenvalue weighted by Gasteiger charge is 2.62. The van der Waals surface area contributed by atoms with Crippen molar-refractivity contribution in [3.63, 3.8) is 0 Å². The molecule has 2 aliphatic carbocycles. The molecule has 2 nitrogen and oxygen atoms in total. The second-order valence-corrected chi connectivity index (χ2v) is 5.84. The minimum absolute atomic E-state index is 0.00908. The van der Waals surface area contributed by atoms with E-state index in [-0.39, 0.29) is 5.97 Å². The van der Waals surface area contributed by atoms with Gasteiger partial charge >= 0.3 is 5.97 Å². The minimum Gasteiger partial charge on any atom is -0.466 e. The van der Waals surface area contributed by atoms with E-state index in [4.69, 9.17) is 4.74 Å². The van der Waals surface area contributed by atoms with Gasteiger partial charge in [0, 0.05) is 6.42 Å². The highest BCUT2D eigenvalue weighted by molar-refractivity contribution is 5.69. The van der Waals surface area contributed by atoms with Crippen molar-refractivity contribution in [3.8, 4) is 0 Å². The van der Waals surface area contributed by atoms with Gasteiger partial charge in [0.05, 0.1) is 6.61 Å². The normalized spacial score (nSPS) is 36.2. The van der Waals surface area contributed by atoms with Crippen LogP contribution in [-0.2, 0) is 9.53 Å². The SMILES string of the molecule is CCOC(=O)CCC1CCC2(C(C)C)CC12. The van der Waals surface area contributed by atoms with E-state index in [0.29, 0.717) is 18.4 Å². The van der Waals surface area contributed by atoms with Gasteiger partial charge in [0.25, 0.3) is 0 Å². The second-order valence-electron chi connectivity index (χ2n) is 5.84. The maximum atomic E-state index is 11.3. The molecule has 3 atom stereocenters. The number of carbonyl (C=O) groups is 1. The fraction of sp³-hybridized carbons (Fsp3) is 0.929. The summed E-state index contributed by atoms with van der Waals surface area (Å²) in [5.74, 6) is 2.53. The van der Waals surface area contributed by atoms with E-state index in [2.05, 4.69) is 13.8 Å². The van der Waals surface area contributed by atoms with Crippen LogP contribution >= 0.6 is 0 Å². The number of rotatable bonds is 5. The van der Waals surface area contributed by atoms with Crippen LogP contribution in [0.25, 0.3) is 0 Å². The zero-order valence-electron chi connectivity index (χ0n) is 10.8. The molecule has 2 rings (SSSR count). The number of esters is 1. The quantitative estimate of drug-likeness (QED) is 0.669. The van der Waals surface area contributed by atoms with Crippen molar-refractivity contribution in [2.45, 2.75) is 52.9 Å². The molecule has 0 aromatic heterocycles. The zero-order valence-corrected chi connectivity index (χ0v) is 10.8. The molecule has 3 unspecified atom stereocenters. The average Bonchev–Trinajstić information content (AvgIpc) is 2.87. The van der Waals surface area contributed by atoms with Gasteiger partial charge in [-0.2, -0.15) is 0 Å². The number of hydrogen-bond donors (Lipinski definition) is 0. The molecule has 0 saturated heterocycles. The van der Waals surface area contributed by atoms with E-state index in [9.17, 15) is 4.79 Å². The number of carbonyl (C=O) groups excluding carboxylic acids is 1. The number of fused-ring (bicyclic) bond motifs is 1. The molecular weight excluding hydrogens is 200 g/mol. The van der Waals surface area contributed by atoms with Crippen LogP contribution in [0.4, 0.5) is 0 Å². The molecule has 0 N–H and O–H groups in total. The molecule has 2 heteroatoms. The predicted molar refractivity (Wildman–Crippen MR) is 64.0 cm³/mol. The third-order valence-corrected chi connectivity index (χ3v) is 4.90. The molecule has 0 heterocycles. The molecule has 2 aliphatic rings. The molecule has 92 valence electrons. The molecule has 16 heavy (non-hydrogen) atoms. The van der Waals surface area contributed by atoms with Crippen molar-refractivity contribution in [2.24, 2.45) is 23.2 Å². The van der Waals surface area contributed by atoms with Gasteiger partial charge in [0.1, 0.15) is 0 Å². The predicted octanol–water partition coefficient (Wildman–Crippen LogP) is 3.40. The third-order valence-electron chi connectivity index (χ3n) is 4.90. The van der Waals surface area contributed by atoms with Crippen LogP contribution < -0.4 is 0 Å². The molecule has 0 spiro atoms. The van der Waals surface area contributed by atoms with Gasteiger partial charge in [-0.15, -0.1) is 0 Å². The maximum Gasteiger partial charge on any atom is 0.305 e. The first kappa shape index (κ1) is 11.9. The van der Waals surface area contributed by atoms with Gasteiger partial charge in [-0.25, -0.2) is 0 Å². The lowest BCUT2D eigenvalue weighted by Gasteiger charge is -2.15. The highest BCUT2D eigenvalue weighted by Crippen LogP contribution is 2.70. The van der Waals surface area contributed by atoms with E-state index in [0.717, 1.165) is 24.2 Å². The first-order valence-electron chi connectivity index (χ1n) is 6.75. The van der Waals surface area contributed by atoms with E-state index >= 15 is 0 Å². The van der Waals surface area contributed by atoms with Crippen molar-refractivity contribution in [2.75, 3.05) is 6.61 Å². The summed E-state index contributed by atoms with van der Waals surface area (Å²) in [6.45, 7) is 7.10. The summed E-state index contributed by atoms with van der Waals surface area (Å²) in [5, 5.41) is 0. The first-order valence-corrected chi connectivity index (χ1v) is 6.75. The van der Waals surface area contributed by atoms with Crippen LogP contribution in [0.15, 0.2) is 0 Å². The summed E-state index contributed by atoms with van der Waals surface area (Å²) >= 11 is 0. The van der Waals surface area contributed by atoms with Gasteiger partial charge in [0.15, 0.2) is 0 Å². The van der Waals surface area contributed by atoms with Crippen LogP contribution in [0, 0.1) is 23.2 Å². The Balaban J connectivity index is 1.76. The Morgan fingerprint density at radius 1 is 1.50 bits per heavy atom. The second kappa shape index (κ2) is 4.38. The smallest absolute Gasteiger partial charge is 0.305 e. The summed E-state index contributed by atoms with van der Waals surface area (Å²) < 4.78 is 4.98. The Labute approximate surface area is 98.7 Å². The lowest BCUT2D eigenvalue weighted by atomic mass is 9.90. The molecular formula is C14H24O2. The van der Waals surface area contributed by atoms with Crippen molar-refractivity contribution >= 4 is 5.97 Å². The Kier molecular flexibility index (Phi) is 3.27. The fourth-order valence-electron chi connectivity index (χ4n) is 3.76. The molecule has 0 radical (unpaired) electrons. The van der Waals surface area contributed by atoms with Crippen molar-refractivity contribution in [3.05, 3.63) is 0 Å². The molecule has 0 aromatic carbocycles. The number of hydrogen-bond acceptors (Lipinski definition) is 2. The van der Waals surface area contributed by atoms with Gasteiger partial charge in [-0.1, -0.05) is 13.8 Å². The molecule has 2 fully saturated rings. The van der Waals surface area contributed by atoms with Crippen molar-refractivity contribution in [1.29, 1.82) is 0 Å². The molecule has 0 amide bonds. The third kappa shape index (κ3) is 1.99. The molecule has 0 aliphatic heterocycles. The largest absolute Gasteiger partial charge is 0.466 e. The van der Waals surface area contributed by atoms with Crippen LogP contribution in [-0.4, -0.2) is 12.6 Å². The topological polar surface area (TPSA) is 26.3 Å². The highest BCUT2D eigenvalue weighted by atomic mass is 16.5. The zero-order chi connectivity index (χ0) is 11.8. The molecule has 0 aromatic rings. The van der Waals surface area contributed by atoms with Gasteiger partial charge in [-0.05, 0) is 55.8 Å². The lowest BCUT2D eigenvalue weighted by molar-refractivity contribution is -0.143. The Morgan fingerprint density at radius 2 is 2.25 bits per heavy atom.